The Labute approximate surface area is 93.7 Å². The second-order valence-electron chi connectivity index (χ2n) is 4.33. The molecule has 1 atom stereocenters. The van der Waals surface area contributed by atoms with Crippen LogP contribution in [0.3, 0.4) is 0 Å². The fraction of sp³-hybridized carbons (Fsp3) is 0.692. The molecule has 0 bridgehead atoms. The maximum atomic E-state index is 3.26. The Morgan fingerprint density at radius 2 is 2.00 bits per heavy atom. The largest absolute Gasteiger partial charge is 0.354 e. The first-order valence-electron chi connectivity index (χ1n) is 6.04. The normalized spacial score (nSPS) is 13.4. The van der Waals surface area contributed by atoms with Gasteiger partial charge in [0.15, 0.2) is 0 Å². The highest BCUT2D eigenvalue weighted by Gasteiger charge is 2.07. The summed E-state index contributed by atoms with van der Waals surface area (Å²) in [7, 11) is 2.00. The molecule has 1 N–H and O–H groups in total. The number of nitrogens with zero attached hydrogens (tertiary/aromatic N) is 1. The lowest BCUT2D eigenvalue weighted by Crippen LogP contribution is -2.12. The Bertz CT molecular complexity index is 274. The predicted molar refractivity (Wildman–Crippen MR) is 66.0 cm³/mol. The SMILES string of the molecule is CCC(CC)Cn1ccc(C(C)NC)c1. The molecule has 2 nitrogen and oxygen atoms in total. The highest BCUT2D eigenvalue weighted by Crippen LogP contribution is 2.15. The summed E-state index contributed by atoms with van der Waals surface area (Å²) in [6, 6.07) is 2.66. The first-order chi connectivity index (χ1) is 7.21. The van der Waals surface area contributed by atoms with Crippen LogP contribution in [0.4, 0.5) is 0 Å². The van der Waals surface area contributed by atoms with Crippen LogP contribution in [-0.4, -0.2) is 11.6 Å². The predicted octanol–water partition coefficient (Wildman–Crippen LogP) is 3.20. The zero-order valence-electron chi connectivity index (χ0n) is 10.5. The molecule has 0 aliphatic rings. The number of hydrogen-bond donors (Lipinski definition) is 1. The second-order valence-corrected chi connectivity index (χ2v) is 4.33. The van der Waals surface area contributed by atoms with Gasteiger partial charge in [0.05, 0.1) is 0 Å². The molecule has 0 saturated carbocycles. The number of hydrogen-bond acceptors (Lipinski definition) is 1. The van der Waals surface area contributed by atoms with Crippen LogP contribution in [-0.2, 0) is 6.54 Å². The van der Waals surface area contributed by atoms with Crippen molar-refractivity contribution in [2.75, 3.05) is 7.05 Å². The molecule has 1 aromatic rings. The molecule has 2 heteroatoms. The second kappa shape index (κ2) is 5.96. The molecule has 1 rings (SSSR count). The van der Waals surface area contributed by atoms with E-state index in [1.165, 1.54) is 18.4 Å². The average molecular weight is 208 g/mol. The van der Waals surface area contributed by atoms with Gasteiger partial charge in [-0.2, -0.15) is 0 Å². The topological polar surface area (TPSA) is 17.0 Å². The standard InChI is InChI=1S/C13H24N2/c1-5-12(6-2)9-15-8-7-13(10-15)11(3)14-4/h7-8,10-12,14H,5-6,9H2,1-4H3. The van der Waals surface area contributed by atoms with E-state index in [-0.39, 0.29) is 0 Å². The first-order valence-corrected chi connectivity index (χ1v) is 6.04. The maximum absolute atomic E-state index is 3.26. The van der Waals surface area contributed by atoms with Crippen LogP contribution < -0.4 is 5.32 Å². The summed E-state index contributed by atoms with van der Waals surface area (Å²) in [5, 5.41) is 3.26. The molecule has 0 amide bonds. The third-order valence-corrected chi connectivity index (χ3v) is 3.33. The molecule has 0 fully saturated rings. The van der Waals surface area contributed by atoms with Gasteiger partial charge in [0.1, 0.15) is 0 Å². The molecular formula is C13H24N2. The van der Waals surface area contributed by atoms with Crippen LogP contribution in [0.1, 0.15) is 45.2 Å². The molecule has 0 aromatic carbocycles. The Balaban J connectivity index is 2.59. The summed E-state index contributed by atoms with van der Waals surface area (Å²) in [6.45, 7) is 7.89. The zero-order valence-corrected chi connectivity index (χ0v) is 10.5. The smallest absolute Gasteiger partial charge is 0.0304 e. The van der Waals surface area contributed by atoms with Crippen molar-refractivity contribution in [2.45, 2.75) is 46.2 Å². The third kappa shape index (κ3) is 3.38. The average Bonchev–Trinajstić information content (AvgIpc) is 2.73. The number of nitrogens with one attached hydrogen (secondary N) is 1. The van der Waals surface area contributed by atoms with Crippen molar-refractivity contribution in [1.82, 2.24) is 9.88 Å². The van der Waals surface area contributed by atoms with E-state index in [0.717, 1.165) is 12.5 Å². The van der Waals surface area contributed by atoms with Crippen molar-refractivity contribution in [3.8, 4) is 0 Å². The van der Waals surface area contributed by atoms with E-state index in [1.54, 1.807) is 0 Å². The van der Waals surface area contributed by atoms with Crippen LogP contribution in [0.25, 0.3) is 0 Å². The number of aromatic nitrogens is 1. The lowest BCUT2D eigenvalue weighted by molar-refractivity contribution is 0.418. The molecule has 86 valence electrons. The molecule has 0 saturated heterocycles. The molecule has 0 radical (unpaired) electrons. The lowest BCUT2D eigenvalue weighted by Gasteiger charge is -2.13. The van der Waals surface area contributed by atoms with Crippen molar-refractivity contribution >= 4 is 0 Å². The van der Waals surface area contributed by atoms with Crippen molar-refractivity contribution in [3.63, 3.8) is 0 Å². The van der Waals surface area contributed by atoms with E-state index in [4.69, 9.17) is 0 Å². The summed E-state index contributed by atoms with van der Waals surface area (Å²) in [4.78, 5) is 0. The monoisotopic (exact) mass is 208 g/mol. The lowest BCUT2D eigenvalue weighted by atomic mass is 10.0. The Kier molecular flexibility index (Phi) is 4.89. The minimum Gasteiger partial charge on any atom is -0.354 e. The van der Waals surface area contributed by atoms with Gasteiger partial charge in [-0.15, -0.1) is 0 Å². The first kappa shape index (κ1) is 12.3. The van der Waals surface area contributed by atoms with E-state index in [2.05, 4.69) is 49.1 Å². The van der Waals surface area contributed by atoms with Gasteiger partial charge >= 0.3 is 0 Å². The van der Waals surface area contributed by atoms with E-state index < -0.39 is 0 Å². The Hall–Kier alpha value is -0.760. The molecule has 15 heavy (non-hydrogen) atoms. The van der Waals surface area contributed by atoms with Crippen molar-refractivity contribution in [1.29, 1.82) is 0 Å². The molecular weight excluding hydrogens is 184 g/mol. The van der Waals surface area contributed by atoms with Gasteiger partial charge in [-0.05, 0) is 31.5 Å². The van der Waals surface area contributed by atoms with Gasteiger partial charge in [-0.1, -0.05) is 26.7 Å². The van der Waals surface area contributed by atoms with Crippen LogP contribution in [0.2, 0.25) is 0 Å². The minimum absolute atomic E-state index is 0.452. The Morgan fingerprint density at radius 3 is 2.53 bits per heavy atom. The van der Waals surface area contributed by atoms with Gasteiger partial charge in [0, 0.05) is 25.0 Å². The number of rotatable bonds is 6. The van der Waals surface area contributed by atoms with Gasteiger partial charge in [-0.25, -0.2) is 0 Å². The summed E-state index contributed by atoms with van der Waals surface area (Å²) < 4.78 is 2.32. The van der Waals surface area contributed by atoms with E-state index in [9.17, 15) is 0 Å². The van der Waals surface area contributed by atoms with Crippen LogP contribution >= 0.6 is 0 Å². The van der Waals surface area contributed by atoms with E-state index in [0.29, 0.717) is 6.04 Å². The van der Waals surface area contributed by atoms with E-state index in [1.807, 2.05) is 7.05 Å². The quantitative estimate of drug-likeness (QED) is 0.759. The molecule has 0 aliphatic carbocycles. The van der Waals surface area contributed by atoms with Gasteiger partial charge in [0.25, 0.3) is 0 Å². The summed E-state index contributed by atoms with van der Waals surface area (Å²) in [5.74, 6) is 0.815. The highest BCUT2D eigenvalue weighted by atomic mass is 15.0. The zero-order chi connectivity index (χ0) is 11.3. The van der Waals surface area contributed by atoms with Gasteiger partial charge in [-0.3, -0.25) is 0 Å². The fourth-order valence-electron chi connectivity index (χ4n) is 1.84. The Morgan fingerprint density at radius 1 is 1.33 bits per heavy atom. The molecule has 0 spiro atoms. The van der Waals surface area contributed by atoms with Crippen LogP contribution in [0.15, 0.2) is 18.5 Å². The van der Waals surface area contributed by atoms with E-state index >= 15 is 0 Å². The molecule has 0 aliphatic heterocycles. The van der Waals surface area contributed by atoms with Crippen molar-refractivity contribution in [3.05, 3.63) is 24.0 Å². The highest BCUT2D eigenvalue weighted by molar-refractivity contribution is 5.14. The van der Waals surface area contributed by atoms with Crippen LogP contribution in [0.5, 0.6) is 0 Å². The fourth-order valence-corrected chi connectivity index (χ4v) is 1.84. The molecule has 1 unspecified atom stereocenters. The maximum Gasteiger partial charge on any atom is 0.0304 e. The third-order valence-electron chi connectivity index (χ3n) is 3.33. The summed E-state index contributed by atoms with van der Waals surface area (Å²) in [5.41, 5.74) is 1.38. The van der Waals surface area contributed by atoms with Gasteiger partial charge < -0.3 is 9.88 Å². The summed E-state index contributed by atoms with van der Waals surface area (Å²) >= 11 is 0. The molecule has 1 aromatic heterocycles. The summed E-state index contributed by atoms with van der Waals surface area (Å²) in [6.07, 6.45) is 7.00. The van der Waals surface area contributed by atoms with Gasteiger partial charge in [0.2, 0.25) is 0 Å². The van der Waals surface area contributed by atoms with Crippen molar-refractivity contribution in [2.24, 2.45) is 5.92 Å². The van der Waals surface area contributed by atoms with Crippen molar-refractivity contribution < 1.29 is 0 Å². The molecule has 1 heterocycles. The minimum atomic E-state index is 0.452. The van der Waals surface area contributed by atoms with Crippen LogP contribution in [0, 0.1) is 5.92 Å².